The smallest absolute Gasteiger partial charge is 0.330 e. The zero-order chi connectivity index (χ0) is 13.7. The van der Waals surface area contributed by atoms with Gasteiger partial charge < -0.3 is 10.4 Å². The molecule has 1 unspecified atom stereocenters. The number of rotatable bonds is 4. The van der Waals surface area contributed by atoms with Crippen molar-refractivity contribution in [2.45, 2.75) is 56.9 Å². The van der Waals surface area contributed by atoms with Gasteiger partial charge in [-0.15, -0.1) is 0 Å². The SMILES string of the molecule is O=C(CC1CCCCCC1)NC1(C(=O)O)CCSC1. The van der Waals surface area contributed by atoms with Crippen LogP contribution in [0.25, 0.3) is 0 Å². The summed E-state index contributed by atoms with van der Waals surface area (Å²) in [6.45, 7) is 0. The summed E-state index contributed by atoms with van der Waals surface area (Å²) in [5.41, 5.74) is -1.01. The third kappa shape index (κ3) is 3.88. The summed E-state index contributed by atoms with van der Waals surface area (Å²) in [7, 11) is 0. The number of amides is 1. The number of carbonyl (C=O) groups is 2. The van der Waals surface area contributed by atoms with Crippen LogP contribution in [0, 0.1) is 5.92 Å². The van der Waals surface area contributed by atoms with Gasteiger partial charge in [-0.3, -0.25) is 4.79 Å². The number of carboxylic acids is 1. The number of carboxylic acid groups (broad SMARTS) is 1. The second-order valence-electron chi connectivity index (χ2n) is 5.80. The Kier molecular flexibility index (Phi) is 5.13. The molecule has 0 radical (unpaired) electrons. The maximum atomic E-state index is 12.1. The molecule has 5 heteroatoms. The van der Waals surface area contributed by atoms with Crippen LogP contribution in [0.5, 0.6) is 0 Å². The van der Waals surface area contributed by atoms with Gasteiger partial charge in [-0.2, -0.15) is 11.8 Å². The van der Waals surface area contributed by atoms with Crippen molar-refractivity contribution in [3.05, 3.63) is 0 Å². The molecule has 108 valence electrons. The van der Waals surface area contributed by atoms with E-state index in [1.54, 1.807) is 11.8 Å². The Labute approximate surface area is 118 Å². The lowest BCUT2D eigenvalue weighted by Gasteiger charge is -2.25. The zero-order valence-electron chi connectivity index (χ0n) is 11.3. The summed E-state index contributed by atoms with van der Waals surface area (Å²) in [6.07, 6.45) is 8.23. The summed E-state index contributed by atoms with van der Waals surface area (Å²) in [4.78, 5) is 23.5. The highest BCUT2D eigenvalue weighted by atomic mass is 32.2. The van der Waals surface area contributed by atoms with Gasteiger partial charge >= 0.3 is 5.97 Å². The Balaban J connectivity index is 1.87. The summed E-state index contributed by atoms with van der Waals surface area (Å²) in [5, 5.41) is 12.1. The van der Waals surface area contributed by atoms with Crippen LogP contribution >= 0.6 is 11.8 Å². The van der Waals surface area contributed by atoms with Crippen LogP contribution in [0.1, 0.15) is 51.4 Å². The first-order valence-electron chi connectivity index (χ1n) is 7.24. The highest BCUT2D eigenvalue weighted by Crippen LogP contribution is 2.30. The highest BCUT2D eigenvalue weighted by Gasteiger charge is 2.43. The largest absolute Gasteiger partial charge is 0.479 e. The Morgan fingerprint density at radius 3 is 2.42 bits per heavy atom. The third-order valence-electron chi connectivity index (χ3n) is 4.26. The number of carbonyl (C=O) groups excluding carboxylic acids is 1. The standard InChI is InChI=1S/C14H23NO3S/c16-12(9-11-5-3-1-2-4-6-11)15-14(13(17)18)7-8-19-10-14/h11H,1-10H2,(H,15,16)(H,17,18). The van der Waals surface area contributed by atoms with Crippen molar-refractivity contribution in [1.29, 1.82) is 0 Å². The fraction of sp³-hybridized carbons (Fsp3) is 0.857. The van der Waals surface area contributed by atoms with Crippen molar-refractivity contribution in [3.63, 3.8) is 0 Å². The molecular weight excluding hydrogens is 262 g/mol. The van der Waals surface area contributed by atoms with Crippen LogP contribution < -0.4 is 5.32 Å². The van der Waals surface area contributed by atoms with Crippen molar-refractivity contribution < 1.29 is 14.7 Å². The fourth-order valence-corrected chi connectivity index (χ4v) is 4.36. The molecule has 1 aliphatic carbocycles. The van der Waals surface area contributed by atoms with Gasteiger partial charge in [0, 0.05) is 12.2 Å². The minimum Gasteiger partial charge on any atom is -0.479 e. The van der Waals surface area contributed by atoms with Crippen molar-refractivity contribution in [2.24, 2.45) is 5.92 Å². The van der Waals surface area contributed by atoms with E-state index >= 15 is 0 Å². The molecule has 1 aliphatic heterocycles. The maximum absolute atomic E-state index is 12.1. The Morgan fingerprint density at radius 2 is 1.89 bits per heavy atom. The predicted molar refractivity (Wildman–Crippen MR) is 76.3 cm³/mol. The Hall–Kier alpha value is -0.710. The number of hydrogen-bond acceptors (Lipinski definition) is 3. The number of aliphatic carboxylic acids is 1. The second-order valence-corrected chi connectivity index (χ2v) is 6.90. The van der Waals surface area contributed by atoms with Crippen molar-refractivity contribution in [3.8, 4) is 0 Å². The van der Waals surface area contributed by atoms with Gasteiger partial charge in [-0.1, -0.05) is 25.7 Å². The second kappa shape index (κ2) is 6.64. The van der Waals surface area contributed by atoms with Gasteiger partial charge in [0.1, 0.15) is 5.54 Å². The van der Waals surface area contributed by atoms with Crippen molar-refractivity contribution in [1.82, 2.24) is 5.32 Å². The predicted octanol–water partition coefficient (Wildman–Crippen LogP) is 2.42. The van der Waals surface area contributed by atoms with Crippen LogP contribution in [-0.4, -0.2) is 34.0 Å². The van der Waals surface area contributed by atoms with E-state index in [9.17, 15) is 14.7 Å². The number of hydrogen-bond donors (Lipinski definition) is 2. The zero-order valence-corrected chi connectivity index (χ0v) is 12.1. The topological polar surface area (TPSA) is 66.4 Å². The number of thioether (sulfide) groups is 1. The number of nitrogens with one attached hydrogen (secondary N) is 1. The summed E-state index contributed by atoms with van der Waals surface area (Å²) >= 11 is 1.61. The van der Waals surface area contributed by atoms with Gasteiger partial charge in [0.25, 0.3) is 0 Å². The Bertz CT molecular complexity index is 332. The molecule has 0 spiro atoms. The van der Waals surface area contributed by atoms with E-state index in [1.807, 2.05) is 0 Å². The third-order valence-corrected chi connectivity index (χ3v) is 5.45. The van der Waals surface area contributed by atoms with Gasteiger partial charge in [-0.25, -0.2) is 4.79 Å². The molecule has 4 nitrogen and oxygen atoms in total. The van der Waals surface area contributed by atoms with Crippen LogP contribution in [0.15, 0.2) is 0 Å². The first-order valence-corrected chi connectivity index (χ1v) is 8.40. The monoisotopic (exact) mass is 285 g/mol. The summed E-state index contributed by atoms with van der Waals surface area (Å²) in [6, 6.07) is 0. The molecule has 19 heavy (non-hydrogen) atoms. The van der Waals surface area contributed by atoms with E-state index < -0.39 is 11.5 Å². The molecular formula is C14H23NO3S. The van der Waals surface area contributed by atoms with E-state index in [4.69, 9.17) is 0 Å². The lowest BCUT2D eigenvalue weighted by atomic mass is 9.94. The molecule has 1 saturated heterocycles. The van der Waals surface area contributed by atoms with Gasteiger partial charge in [0.05, 0.1) is 0 Å². The van der Waals surface area contributed by atoms with E-state index in [0.29, 0.717) is 24.5 Å². The van der Waals surface area contributed by atoms with Crippen LogP contribution in [-0.2, 0) is 9.59 Å². The summed E-state index contributed by atoms with van der Waals surface area (Å²) < 4.78 is 0. The molecule has 2 rings (SSSR count). The lowest BCUT2D eigenvalue weighted by Crippen LogP contribution is -2.55. The molecule has 2 fully saturated rings. The van der Waals surface area contributed by atoms with Crippen molar-refractivity contribution >= 4 is 23.6 Å². The van der Waals surface area contributed by atoms with E-state index in [0.717, 1.165) is 18.6 Å². The van der Waals surface area contributed by atoms with E-state index in [-0.39, 0.29) is 5.91 Å². The normalized spacial score (nSPS) is 28.8. The Morgan fingerprint density at radius 1 is 1.21 bits per heavy atom. The van der Waals surface area contributed by atoms with Crippen LogP contribution in [0.2, 0.25) is 0 Å². The molecule has 1 atom stereocenters. The first-order chi connectivity index (χ1) is 9.12. The van der Waals surface area contributed by atoms with Gasteiger partial charge in [0.15, 0.2) is 0 Å². The summed E-state index contributed by atoms with van der Waals surface area (Å²) in [5.74, 6) is 0.806. The molecule has 2 N–H and O–H groups in total. The quantitative estimate of drug-likeness (QED) is 0.779. The van der Waals surface area contributed by atoms with Crippen molar-refractivity contribution in [2.75, 3.05) is 11.5 Å². The molecule has 1 heterocycles. The first kappa shape index (κ1) is 14.7. The fourth-order valence-electron chi connectivity index (χ4n) is 3.03. The van der Waals surface area contributed by atoms with Gasteiger partial charge in [0.2, 0.25) is 5.91 Å². The average Bonchev–Trinajstić information content (AvgIpc) is 2.68. The van der Waals surface area contributed by atoms with E-state index in [2.05, 4.69) is 5.32 Å². The lowest BCUT2D eigenvalue weighted by molar-refractivity contribution is -0.146. The molecule has 1 saturated carbocycles. The minimum atomic E-state index is -1.01. The van der Waals surface area contributed by atoms with Crippen LogP contribution in [0.3, 0.4) is 0 Å². The highest BCUT2D eigenvalue weighted by molar-refractivity contribution is 7.99. The molecule has 0 aromatic rings. The molecule has 0 aromatic heterocycles. The molecule has 2 aliphatic rings. The average molecular weight is 285 g/mol. The van der Waals surface area contributed by atoms with Crippen LogP contribution in [0.4, 0.5) is 0 Å². The molecule has 1 amide bonds. The maximum Gasteiger partial charge on any atom is 0.330 e. The minimum absolute atomic E-state index is 0.0724. The molecule has 0 aromatic carbocycles. The molecule has 0 bridgehead atoms. The van der Waals surface area contributed by atoms with Gasteiger partial charge in [-0.05, 0) is 30.9 Å². The van der Waals surface area contributed by atoms with E-state index in [1.165, 1.54) is 25.7 Å².